The first kappa shape index (κ1) is 16.0. The highest BCUT2D eigenvalue weighted by molar-refractivity contribution is 6.30. The third-order valence-corrected chi connectivity index (χ3v) is 4.39. The van der Waals surface area contributed by atoms with Gasteiger partial charge in [-0.1, -0.05) is 35.9 Å². The Morgan fingerprint density at radius 1 is 1.13 bits per heavy atom. The Kier molecular flexibility index (Phi) is 4.64. The maximum Gasteiger partial charge on any atom is 0.322 e. The van der Waals surface area contributed by atoms with Gasteiger partial charge in [0.15, 0.2) is 11.6 Å². The Morgan fingerprint density at radius 3 is 2.57 bits per heavy atom. The van der Waals surface area contributed by atoms with Crippen molar-refractivity contribution >= 4 is 17.6 Å². The highest BCUT2D eigenvalue weighted by Crippen LogP contribution is 2.37. The molecular formula is C18H16ClFO3. The second-order valence-corrected chi connectivity index (χ2v) is 5.96. The molecule has 0 saturated carbocycles. The highest BCUT2D eigenvalue weighted by Gasteiger charge is 2.43. The fraction of sp³-hybridized carbons (Fsp3) is 0.278. The SMILES string of the molecule is O=C(Oc1ccccc1F)C1(c2cccc(Cl)c2)CCOCC1. The lowest BCUT2D eigenvalue weighted by Crippen LogP contribution is -2.44. The molecule has 0 aliphatic carbocycles. The van der Waals surface area contributed by atoms with Gasteiger partial charge in [0, 0.05) is 18.2 Å². The number of esters is 1. The largest absolute Gasteiger partial charge is 0.423 e. The topological polar surface area (TPSA) is 35.5 Å². The van der Waals surface area contributed by atoms with Gasteiger partial charge in [0.2, 0.25) is 0 Å². The van der Waals surface area contributed by atoms with Crippen molar-refractivity contribution < 1.29 is 18.7 Å². The molecule has 1 saturated heterocycles. The normalized spacial score (nSPS) is 16.8. The van der Waals surface area contributed by atoms with E-state index in [2.05, 4.69) is 0 Å². The zero-order valence-corrected chi connectivity index (χ0v) is 13.2. The average molecular weight is 335 g/mol. The molecule has 3 nitrogen and oxygen atoms in total. The molecule has 1 fully saturated rings. The van der Waals surface area contributed by atoms with Crippen LogP contribution in [0.15, 0.2) is 48.5 Å². The number of benzene rings is 2. The quantitative estimate of drug-likeness (QED) is 0.625. The minimum Gasteiger partial charge on any atom is -0.423 e. The monoisotopic (exact) mass is 334 g/mol. The van der Waals surface area contributed by atoms with E-state index in [4.69, 9.17) is 21.1 Å². The van der Waals surface area contributed by atoms with Gasteiger partial charge in [-0.05, 0) is 42.7 Å². The lowest BCUT2D eigenvalue weighted by molar-refractivity contribution is -0.145. The van der Waals surface area contributed by atoms with Gasteiger partial charge < -0.3 is 9.47 Å². The number of ether oxygens (including phenoxy) is 2. The summed E-state index contributed by atoms with van der Waals surface area (Å²) in [5, 5.41) is 0.548. The van der Waals surface area contributed by atoms with Gasteiger partial charge in [-0.15, -0.1) is 0 Å². The number of rotatable bonds is 3. The summed E-state index contributed by atoms with van der Waals surface area (Å²) in [6, 6.07) is 13.0. The van der Waals surface area contributed by atoms with E-state index in [0.29, 0.717) is 31.1 Å². The molecule has 0 N–H and O–H groups in total. The maximum absolute atomic E-state index is 13.8. The Morgan fingerprint density at radius 2 is 1.87 bits per heavy atom. The van der Waals surface area contributed by atoms with Crippen molar-refractivity contribution in [3.8, 4) is 5.75 Å². The van der Waals surface area contributed by atoms with Crippen molar-refractivity contribution in [2.75, 3.05) is 13.2 Å². The van der Waals surface area contributed by atoms with Crippen LogP contribution in [0.2, 0.25) is 5.02 Å². The van der Waals surface area contributed by atoms with Crippen molar-refractivity contribution in [2.24, 2.45) is 0 Å². The number of carbonyl (C=O) groups is 1. The van der Waals surface area contributed by atoms with Gasteiger partial charge in [-0.3, -0.25) is 4.79 Å². The molecule has 0 unspecified atom stereocenters. The second kappa shape index (κ2) is 6.69. The third-order valence-electron chi connectivity index (χ3n) is 4.15. The van der Waals surface area contributed by atoms with Crippen molar-refractivity contribution in [1.82, 2.24) is 0 Å². The molecule has 3 rings (SSSR count). The van der Waals surface area contributed by atoms with Crippen molar-refractivity contribution in [3.63, 3.8) is 0 Å². The van der Waals surface area contributed by atoms with E-state index in [-0.39, 0.29) is 5.75 Å². The van der Waals surface area contributed by atoms with Crippen molar-refractivity contribution in [2.45, 2.75) is 18.3 Å². The minimum absolute atomic E-state index is 0.0644. The first-order chi connectivity index (χ1) is 11.1. The van der Waals surface area contributed by atoms with Crippen LogP contribution in [0.4, 0.5) is 4.39 Å². The molecule has 1 aliphatic rings. The first-order valence-corrected chi connectivity index (χ1v) is 7.80. The van der Waals surface area contributed by atoms with Gasteiger partial charge >= 0.3 is 5.97 Å². The predicted molar refractivity (Wildman–Crippen MR) is 85.2 cm³/mol. The lowest BCUT2D eigenvalue weighted by Gasteiger charge is -2.35. The standard InChI is InChI=1S/C18H16ClFO3/c19-14-5-3-4-13(12-14)18(8-10-22-11-9-18)17(21)23-16-7-2-1-6-15(16)20/h1-7,12H,8-11H2. The van der Waals surface area contributed by atoms with Crippen LogP contribution in [0.3, 0.4) is 0 Å². The first-order valence-electron chi connectivity index (χ1n) is 7.42. The van der Waals surface area contributed by atoms with Gasteiger partial charge in [0.05, 0.1) is 5.41 Å². The number of carbonyl (C=O) groups excluding carboxylic acids is 1. The van der Waals surface area contributed by atoms with Gasteiger partial charge in [-0.25, -0.2) is 4.39 Å². The van der Waals surface area contributed by atoms with Crippen LogP contribution in [-0.2, 0) is 14.9 Å². The van der Waals surface area contributed by atoms with Crippen LogP contribution in [0.25, 0.3) is 0 Å². The summed E-state index contributed by atoms with van der Waals surface area (Å²) in [6.07, 6.45) is 0.946. The average Bonchev–Trinajstić information content (AvgIpc) is 2.57. The Hall–Kier alpha value is -1.91. The van der Waals surface area contributed by atoms with Crippen LogP contribution in [0.1, 0.15) is 18.4 Å². The summed E-state index contributed by atoms with van der Waals surface area (Å²) in [4.78, 5) is 12.9. The van der Waals surface area contributed by atoms with Crippen LogP contribution in [0, 0.1) is 5.82 Å². The zero-order valence-electron chi connectivity index (χ0n) is 12.4. The van der Waals surface area contributed by atoms with Crippen LogP contribution < -0.4 is 4.74 Å². The van der Waals surface area contributed by atoms with Crippen LogP contribution in [-0.4, -0.2) is 19.2 Å². The number of halogens is 2. The van der Waals surface area contributed by atoms with Crippen molar-refractivity contribution in [1.29, 1.82) is 0 Å². The van der Waals surface area contributed by atoms with Gasteiger partial charge in [0.25, 0.3) is 0 Å². The number of hydrogen-bond donors (Lipinski definition) is 0. The molecule has 0 spiro atoms. The molecule has 0 atom stereocenters. The summed E-state index contributed by atoms with van der Waals surface area (Å²) in [7, 11) is 0. The van der Waals surface area contributed by atoms with Gasteiger partial charge in [-0.2, -0.15) is 0 Å². The van der Waals surface area contributed by atoms with E-state index in [1.54, 1.807) is 30.3 Å². The summed E-state index contributed by atoms with van der Waals surface area (Å²) < 4.78 is 24.5. The van der Waals surface area contributed by atoms with E-state index in [1.165, 1.54) is 12.1 Å². The van der Waals surface area contributed by atoms with E-state index in [0.717, 1.165) is 5.56 Å². The molecule has 1 aliphatic heterocycles. The molecule has 1 heterocycles. The molecule has 23 heavy (non-hydrogen) atoms. The molecule has 2 aromatic rings. The molecule has 0 amide bonds. The summed E-state index contributed by atoms with van der Waals surface area (Å²) in [5.74, 6) is -1.10. The Balaban J connectivity index is 1.96. The molecule has 5 heteroatoms. The molecule has 0 bridgehead atoms. The van der Waals surface area contributed by atoms with Crippen molar-refractivity contribution in [3.05, 3.63) is 64.9 Å². The maximum atomic E-state index is 13.8. The molecule has 0 radical (unpaired) electrons. The third kappa shape index (κ3) is 3.23. The fourth-order valence-electron chi connectivity index (χ4n) is 2.84. The zero-order chi connectivity index (χ0) is 16.3. The van der Waals surface area contributed by atoms with E-state index in [1.807, 2.05) is 6.07 Å². The lowest BCUT2D eigenvalue weighted by atomic mass is 9.74. The van der Waals surface area contributed by atoms with E-state index >= 15 is 0 Å². The summed E-state index contributed by atoms with van der Waals surface area (Å²) in [6.45, 7) is 0.887. The Bertz CT molecular complexity index is 711. The summed E-state index contributed by atoms with van der Waals surface area (Å²) in [5.41, 5.74) is -0.0968. The highest BCUT2D eigenvalue weighted by atomic mass is 35.5. The van der Waals surface area contributed by atoms with Crippen LogP contribution >= 0.6 is 11.6 Å². The van der Waals surface area contributed by atoms with E-state index < -0.39 is 17.2 Å². The van der Waals surface area contributed by atoms with Crippen LogP contribution in [0.5, 0.6) is 5.75 Å². The van der Waals surface area contributed by atoms with Gasteiger partial charge in [0.1, 0.15) is 0 Å². The predicted octanol–water partition coefficient (Wildman–Crippen LogP) is 4.13. The molecule has 0 aromatic heterocycles. The summed E-state index contributed by atoms with van der Waals surface area (Å²) >= 11 is 6.07. The Labute approximate surface area is 139 Å². The number of para-hydroxylation sites is 1. The molecule has 2 aromatic carbocycles. The smallest absolute Gasteiger partial charge is 0.322 e. The number of hydrogen-bond acceptors (Lipinski definition) is 3. The molecule has 120 valence electrons. The second-order valence-electron chi connectivity index (χ2n) is 5.52. The molecular weight excluding hydrogens is 319 g/mol. The fourth-order valence-corrected chi connectivity index (χ4v) is 3.03. The van der Waals surface area contributed by atoms with E-state index in [9.17, 15) is 9.18 Å². The minimum atomic E-state index is -0.870.